The number of fused-ring (bicyclic) bond motifs is 1. The van der Waals surface area contributed by atoms with Crippen molar-refractivity contribution in [3.63, 3.8) is 0 Å². The lowest BCUT2D eigenvalue weighted by molar-refractivity contribution is 0.386. The van der Waals surface area contributed by atoms with Crippen molar-refractivity contribution in [1.82, 2.24) is 0 Å². The fourth-order valence-corrected chi connectivity index (χ4v) is 3.01. The van der Waals surface area contributed by atoms with Crippen molar-refractivity contribution >= 4 is 22.6 Å². The van der Waals surface area contributed by atoms with Crippen LogP contribution in [0.5, 0.6) is 0 Å². The minimum absolute atomic E-state index is 0.229. The molecule has 90 valence electrons. The number of furan rings is 1. The van der Waals surface area contributed by atoms with Crippen molar-refractivity contribution in [1.29, 1.82) is 0 Å². The topological polar surface area (TPSA) is 13.1 Å². The van der Waals surface area contributed by atoms with Gasteiger partial charge in [0.25, 0.3) is 0 Å². The molecule has 2 unspecified atom stereocenters. The van der Waals surface area contributed by atoms with Crippen LogP contribution in [0.3, 0.4) is 0 Å². The minimum Gasteiger partial charge on any atom is -0.458 e. The van der Waals surface area contributed by atoms with E-state index in [1.54, 1.807) is 6.07 Å². The Labute approximate surface area is 105 Å². The number of para-hydroxylation sites is 1. The highest BCUT2D eigenvalue weighted by Gasteiger charge is 2.24. The van der Waals surface area contributed by atoms with E-state index in [1.807, 2.05) is 12.1 Å². The summed E-state index contributed by atoms with van der Waals surface area (Å²) < 4.78 is 19.2. The van der Waals surface area contributed by atoms with Crippen molar-refractivity contribution in [2.75, 3.05) is 0 Å². The molecular weight excluding hydrogens is 239 g/mol. The van der Waals surface area contributed by atoms with Crippen LogP contribution in [0.1, 0.15) is 37.4 Å². The molecule has 0 amide bonds. The van der Waals surface area contributed by atoms with Crippen molar-refractivity contribution in [3.8, 4) is 0 Å². The third kappa shape index (κ3) is 2.06. The molecular formula is C14H14ClFO. The van der Waals surface area contributed by atoms with Gasteiger partial charge in [-0.05, 0) is 31.4 Å². The summed E-state index contributed by atoms with van der Waals surface area (Å²) in [5, 5.41) is 1.07. The average Bonchev–Trinajstić information content (AvgIpc) is 2.74. The second-order valence-electron chi connectivity index (χ2n) is 4.77. The zero-order valence-corrected chi connectivity index (χ0v) is 10.2. The van der Waals surface area contributed by atoms with E-state index in [1.165, 1.54) is 6.07 Å². The molecule has 2 atom stereocenters. The second-order valence-corrected chi connectivity index (χ2v) is 5.38. The first kappa shape index (κ1) is 11.1. The first-order valence-electron chi connectivity index (χ1n) is 6.06. The zero-order valence-electron chi connectivity index (χ0n) is 9.46. The van der Waals surface area contributed by atoms with Gasteiger partial charge in [0, 0.05) is 16.7 Å². The summed E-state index contributed by atoms with van der Waals surface area (Å²) in [7, 11) is 0. The van der Waals surface area contributed by atoms with Crippen molar-refractivity contribution in [3.05, 3.63) is 35.8 Å². The lowest BCUT2D eigenvalue weighted by Crippen LogP contribution is -2.13. The quantitative estimate of drug-likeness (QED) is 0.662. The van der Waals surface area contributed by atoms with Gasteiger partial charge in [0.05, 0.1) is 0 Å². The predicted molar refractivity (Wildman–Crippen MR) is 67.0 cm³/mol. The molecule has 1 aromatic heterocycles. The van der Waals surface area contributed by atoms with Crippen molar-refractivity contribution < 1.29 is 8.81 Å². The van der Waals surface area contributed by atoms with Crippen LogP contribution in [0.2, 0.25) is 0 Å². The van der Waals surface area contributed by atoms with Gasteiger partial charge >= 0.3 is 0 Å². The number of alkyl halides is 1. The Hall–Kier alpha value is -1.02. The normalized spacial score (nSPS) is 25.3. The first-order chi connectivity index (χ1) is 8.24. The van der Waals surface area contributed by atoms with Crippen LogP contribution in [-0.2, 0) is 0 Å². The Kier molecular flexibility index (Phi) is 2.83. The number of hydrogen-bond acceptors (Lipinski definition) is 1. The van der Waals surface area contributed by atoms with Crippen LogP contribution in [0.15, 0.2) is 28.7 Å². The third-order valence-corrected chi connectivity index (χ3v) is 3.92. The van der Waals surface area contributed by atoms with E-state index in [4.69, 9.17) is 16.0 Å². The Morgan fingerprint density at radius 2 is 2.18 bits per heavy atom. The lowest BCUT2D eigenvalue weighted by atomic mass is 9.87. The zero-order chi connectivity index (χ0) is 11.8. The van der Waals surface area contributed by atoms with E-state index in [2.05, 4.69) is 0 Å². The van der Waals surface area contributed by atoms with Gasteiger partial charge in [0.15, 0.2) is 11.4 Å². The largest absolute Gasteiger partial charge is 0.458 e. The highest BCUT2D eigenvalue weighted by Crippen LogP contribution is 2.37. The van der Waals surface area contributed by atoms with Crippen LogP contribution in [0, 0.1) is 5.82 Å². The summed E-state index contributed by atoms with van der Waals surface area (Å²) >= 11 is 6.18. The molecule has 3 heteroatoms. The van der Waals surface area contributed by atoms with E-state index in [0.29, 0.717) is 11.5 Å². The molecule has 2 aromatic rings. The van der Waals surface area contributed by atoms with Crippen molar-refractivity contribution in [2.45, 2.75) is 37.0 Å². The number of halogens is 2. The van der Waals surface area contributed by atoms with Crippen LogP contribution < -0.4 is 0 Å². The van der Waals surface area contributed by atoms with Gasteiger partial charge in [-0.1, -0.05) is 18.6 Å². The van der Waals surface area contributed by atoms with Gasteiger partial charge in [-0.3, -0.25) is 0 Å². The Balaban J connectivity index is 1.97. The average molecular weight is 253 g/mol. The molecule has 1 nitrogen and oxygen atoms in total. The van der Waals surface area contributed by atoms with E-state index >= 15 is 0 Å². The second kappa shape index (κ2) is 4.34. The third-order valence-electron chi connectivity index (χ3n) is 3.53. The lowest BCUT2D eigenvalue weighted by Gasteiger charge is -2.23. The molecule has 0 radical (unpaired) electrons. The Morgan fingerprint density at radius 1 is 1.29 bits per heavy atom. The summed E-state index contributed by atoms with van der Waals surface area (Å²) in [4.78, 5) is 0. The summed E-state index contributed by atoms with van der Waals surface area (Å²) in [5.41, 5.74) is 0.374. The molecule has 0 aliphatic heterocycles. The van der Waals surface area contributed by atoms with Crippen LogP contribution in [0.4, 0.5) is 4.39 Å². The maximum Gasteiger partial charge on any atom is 0.169 e. The summed E-state index contributed by atoms with van der Waals surface area (Å²) in [6.45, 7) is 0. The molecule has 1 fully saturated rings. The Morgan fingerprint density at radius 3 is 2.94 bits per heavy atom. The molecule has 1 saturated carbocycles. The molecule has 0 saturated heterocycles. The van der Waals surface area contributed by atoms with Gasteiger partial charge in [-0.2, -0.15) is 0 Å². The van der Waals surface area contributed by atoms with Crippen LogP contribution in [0.25, 0.3) is 11.0 Å². The maximum atomic E-state index is 13.5. The fourth-order valence-electron chi connectivity index (χ4n) is 2.64. The molecule has 0 bridgehead atoms. The molecule has 3 rings (SSSR count). The highest BCUT2D eigenvalue weighted by molar-refractivity contribution is 6.20. The van der Waals surface area contributed by atoms with E-state index in [-0.39, 0.29) is 11.2 Å². The molecule has 1 aliphatic carbocycles. The number of rotatable bonds is 1. The van der Waals surface area contributed by atoms with Gasteiger partial charge in [-0.25, -0.2) is 4.39 Å². The molecule has 1 heterocycles. The number of hydrogen-bond donors (Lipinski definition) is 0. The number of benzene rings is 1. The van der Waals surface area contributed by atoms with Gasteiger partial charge in [0.1, 0.15) is 5.76 Å². The minimum atomic E-state index is -0.285. The maximum absolute atomic E-state index is 13.5. The van der Waals surface area contributed by atoms with E-state index in [9.17, 15) is 4.39 Å². The van der Waals surface area contributed by atoms with E-state index in [0.717, 1.165) is 36.8 Å². The van der Waals surface area contributed by atoms with Crippen LogP contribution in [-0.4, -0.2) is 5.38 Å². The molecule has 0 spiro atoms. The van der Waals surface area contributed by atoms with Crippen LogP contribution >= 0.6 is 11.6 Å². The summed E-state index contributed by atoms with van der Waals surface area (Å²) in [5.74, 6) is 0.945. The molecule has 0 N–H and O–H groups in total. The van der Waals surface area contributed by atoms with Gasteiger partial charge < -0.3 is 4.42 Å². The molecule has 1 aromatic carbocycles. The predicted octanol–water partition coefficient (Wildman–Crippen LogP) is 4.84. The first-order valence-corrected chi connectivity index (χ1v) is 6.49. The van der Waals surface area contributed by atoms with Crippen molar-refractivity contribution in [2.24, 2.45) is 0 Å². The highest BCUT2D eigenvalue weighted by atomic mass is 35.5. The smallest absolute Gasteiger partial charge is 0.169 e. The van der Waals surface area contributed by atoms with E-state index < -0.39 is 0 Å². The molecule has 17 heavy (non-hydrogen) atoms. The standard InChI is InChI=1S/C14H14ClFO/c15-11-5-1-3-9(7-11)13-8-10-4-2-6-12(16)14(10)17-13/h2,4,6,8-9,11H,1,3,5,7H2. The monoisotopic (exact) mass is 252 g/mol. The molecule has 1 aliphatic rings. The van der Waals surface area contributed by atoms with Gasteiger partial charge in [0.2, 0.25) is 0 Å². The summed E-state index contributed by atoms with van der Waals surface area (Å²) in [6.07, 6.45) is 4.22. The van der Waals surface area contributed by atoms with Gasteiger partial charge in [-0.15, -0.1) is 11.6 Å². The SMILES string of the molecule is Fc1cccc2cc(C3CCCC(Cl)C3)oc12. The Bertz CT molecular complexity index is 534. The summed E-state index contributed by atoms with van der Waals surface area (Å²) in [6, 6.07) is 6.98. The fraction of sp³-hybridized carbons (Fsp3) is 0.429.